The molecular formula is C19H18N4O. The number of nitrogen functional groups attached to an aromatic ring is 1. The van der Waals surface area contributed by atoms with Gasteiger partial charge >= 0.3 is 0 Å². The molecule has 0 saturated carbocycles. The van der Waals surface area contributed by atoms with Crippen LogP contribution in [0, 0.1) is 0 Å². The Morgan fingerprint density at radius 2 is 2.12 bits per heavy atom. The van der Waals surface area contributed by atoms with Gasteiger partial charge in [-0.3, -0.25) is 4.40 Å². The summed E-state index contributed by atoms with van der Waals surface area (Å²) in [5.41, 5.74) is 11.7. The minimum Gasteiger partial charge on any atom is -0.399 e. The number of methoxy groups -OCH3 is 1. The number of anilines is 1. The van der Waals surface area contributed by atoms with Crippen LogP contribution >= 0.6 is 0 Å². The maximum atomic E-state index is 5.90. The van der Waals surface area contributed by atoms with E-state index in [4.69, 9.17) is 10.5 Å². The van der Waals surface area contributed by atoms with Crippen LogP contribution in [0.4, 0.5) is 5.69 Å². The van der Waals surface area contributed by atoms with Gasteiger partial charge in [-0.25, -0.2) is 4.98 Å². The highest BCUT2D eigenvalue weighted by atomic mass is 16.5. The van der Waals surface area contributed by atoms with Crippen LogP contribution in [0.15, 0.2) is 67.1 Å². The van der Waals surface area contributed by atoms with E-state index in [1.807, 2.05) is 48.9 Å². The Morgan fingerprint density at radius 1 is 1.21 bits per heavy atom. The van der Waals surface area contributed by atoms with E-state index >= 15 is 0 Å². The number of benzene rings is 1. The van der Waals surface area contributed by atoms with Gasteiger partial charge in [0.1, 0.15) is 5.65 Å². The summed E-state index contributed by atoms with van der Waals surface area (Å²) in [6.07, 6.45) is 9.65. The first-order chi connectivity index (χ1) is 11.8. The molecule has 0 amide bonds. The van der Waals surface area contributed by atoms with Gasteiger partial charge in [-0.05, 0) is 42.1 Å². The molecule has 0 fully saturated rings. The number of hydrogen-bond acceptors (Lipinski definition) is 4. The van der Waals surface area contributed by atoms with Crippen LogP contribution in [0.3, 0.4) is 0 Å². The quantitative estimate of drug-likeness (QED) is 0.729. The summed E-state index contributed by atoms with van der Waals surface area (Å²) >= 11 is 0. The van der Waals surface area contributed by atoms with Crippen molar-refractivity contribution < 1.29 is 4.74 Å². The van der Waals surface area contributed by atoms with Gasteiger partial charge in [-0.15, -0.1) is 0 Å². The molecule has 0 radical (unpaired) electrons. The Labute approximate surface area is 140 Å². The lowest BCUT2D eigenvalue weighted by Gasteiger charge is -2.22. The number of ether oxygens (including phenoxy) is 1. The standard InChI is InChI=1S/C19H18N4O/c1-24-19-16(6-3-8-21-19)13-7-9-23-17(12-22-18(23)11-13)14-4-2-5-15(20)10-14/h2-12,19,21H,20H2,1H3. The summed E-state index contributed by atoms with van der Waals surface area (Å²) in [4.78, 5) is 4.55. The van der Waals surface area contributed by atoms with Gasteiger partial charge in [0, 0.05) is 30.1 Å². The third-order valence-electron chi connectivity index (χ3n) is 4.17. The van der Waals surface area contributed by atoms with E-state index in [9.17, 15) is 0 Å². The van der Waals surface area contributed by atoms with Gasteiger partial charge in [0.2, 0.25) is 0 Å². The number of hydrogen-bond donors (Lipinski definition) is 2. The number of dihydropyridines is 1. The third kappa shape index (κ3) is 2.45. The van der Waals surface area contributed by atoms with Crippen molar-refractivity contribution in [1.29, 1.82) is 0 Å². The van der Waals surface area contributed by atoms with Crippen molar-refractivity contribution in [1.82, 2.24) is 14.7 Å². The smallest absolute Gasteiger partial charge is 0.153 e. The Morgan fingerprint density at radius 3 is 2.96 bits per heavy atom. The zero-order valence-corrected chi connectivity index (χ0v) is 13.3. The van der Waals surface area contributed by atoms with E-state index in [0.29, 0.717) is 0 Å². The molecule has 0 saturated heterocycles. The summed E-state index contributed by atoms with van der Waals surface area (Å²) in [6, 6.07) is 12.0. The molecule has 24 heavy (non-hydrogen) atoms. The molecule has 5 heteroatoms. The molecule has 2 aromatic heterocycles. The molecule has 120 valence electrons. The number of imidazole rings is 1. The van der Waals surface area contributed by atoms with Crippen LogP contribution in [-0.4, -0.2) is 22.7 Å². The van der Waals surface area contributed by atoms with Gasteiger partial charge in [0.15, 0.2) is 6.23 Å². The van der Waals surface area contributed by atoms with E-state index in [-0.39, 0.29) is 6.23 Å². The number of aromatic nitrogens is 2. The van der Waals surface area contributed by atoms with Gasteiger partial charge in [0.05, 0.1) is 11.9 Å². The zero-order valence-electron chi connectivity index (χ0n) is 13.3. The van der Waals surface area contributed by atoms with E-state index in [1.54, 1.807) is 7.11 Å². The first-order valence-electron chi connectivity index (χ1n) is 7.75. The molecule has 0 spiro atoms. The summed E-state index contributed by atoms with van der Waals surface area (Å²) in [6.45, 7) is 0. The van der Waals surface area contributed by atoms with Crippen LogP contribution < -0.4 is 11.1 Å². The maximum absolute atomic E-state index is 5.90. The monoisotopic (exact) mass is 318 g/mol. The molecule has 1 aliphatic heterocycles. The number of rotatable bonds is 3. The van der Waals surface area contributed by atoms with Crippen LogP contribution in [0.2, 0.25) is 0 Å². The largest absolute Gasteiger partial charge is 0.399 e. The number of nitrogens with one attached hydrogen (secondary N) is 1. The van der Waals surface area contributed by atoms with Crippen molar-refractivity contribution in [3.05, 3.63) is 72.7 Å². The summed E-state index contributed by atoms with van der Waals surface area (Å²) in [5, 5.41) is 3.19. The summed E-state index contributed by atoms with van der Waals surface area (Å²) < 4.78 is 7.55. The minimum absolute atomic E-state index is 0.152. The predicted molar refractivity (Wildman–Crippen MR) is 96.1 cm³/mol. The molecule has 3 aromatic rings. The number of allylic oxidation sites excluding steroid dienone is 2. The number of nitrogens with two attached hydrogens (primary N) is 1. The molecule has 1 aromatic carbocycles. The van der Waals surface area contributed by atoms with Crippen LogP contribution in [0.5, 0.6) is 0 Å². The summed E-state index contributed by atoms with van der Waals surface area (Å²) in [7, 11) is 1.69. The van der Waals surface area contributed by atoms with E-state index in [0.717, 1.165) is 33.7 Å². The van der Waals surface area contributed by atoms with E-state index in [1.165, 1.54) is 0 Å². The molecule has 0 aliphatic carbocycles. The molecular weight excluding hydrogens is 300 g/mol. The maximum Gasteiger partial charge on any atom is 0.153 e. The Balaban J connectivity index is 1.78. The lowest BCUT2D eigenvalue weighted by atomic mass is 10.0. The van der Waals surface area contributed by atoms with Crippen molar-refractivity contribution in [2.45, 2.75) is 6.23 Å². The second-order valence-corrected chi connectivity index (χ2v) is 5.68. The second kappa shape index (κ2) is 5.86. The highest BCUT2D eigenvalue weighted by Crippen LogP contribution is 2.26. The molecule has 3 N–H and O–H groups in total. The molecule has 1 unspecified atom stereocenters. The van der Waals surface area contributed by atoms with Gasteiger partial charge in [0.25, 0.3) is 0 Å². The van der Waals surface area contributed by atoms with Crippen molar-refractivity contribution in [2.24, 2.45) is 0 Å². The Bertz CT molecular complexity index is 955. The fraction of sp³-hybridized carbons (Fsp3) is 0.105. The summed E-state index contributed by atoms with van der Waals surface area (Å²) in [5.74, 6) is 0. The minimum atomic E-state index is -0.152. The fourth-order valence-electron chi connectivity index (χ4n) is 2.99. The Kier molecular flexibility index (Phi) is 3.55. The van der Waals surface area contributed by atoms with Crippen molar-refractivity contribution in [3.8, 4) is 11.3 Å². The van der Waals surface area contributed by atoms with Crippen LogP contribution in [0.25, 0.3) is 22.5 Å². The van der Waals surface area contributed by atoms with E-state index < -0.39 is 0 Å². The van der Waals surface area contributed by atoms with Crippen molar-refractivity contribution in [3.63, 3.8) is 0 Å². The van der Waals surface area contributed by atoms with Crippen molar-refractivity contribution >= 4 is 16.9 Å². The van der Waals surface area contributed by atoms with Gasteiger partial charge in [-0.2, -0.15) is 0 Å². The average molecular weight is 318 g/mol. The fourth-order valence-corrected chi connectivity index (χ4v) is 2.99. The number of fused-ring (bicyclic) bond motifs is 1. The Hall–Kier alpha value is -3.05. The first kappa shape index (κ1) is 14.5. The normalized spacial score (nSPS) is 16.9. The highest BCUT2D eigenvalue weighted by Gasteiger charge is 2.17. The molecule has 5 nitrogen and oxygen atoms in total. The predicted octanol–water partition coefficient (Wildman–Crippen LogP) is 3.06. The van der Waals surface area contributed by atoms with Crippen molar-refractivity contribution in [2.75, 3.05) is 12.8 Å². The molecule has 1 atom stereocenters. The molecule has 3 heterocycles. The lowest BCUT2D eigenvalue weighted by molar-refractivity contribution is 0.131. The SMILES string of the molecule is COC1NC=CC=C1c1ccn2c(-c3cccc(N)c3)cnc2c1. The van der Waals surface area contributed by atoms with Gasteiger partial charge < -0.3 is 15.8 Å². The number of pyridine rings is 1. The first-order valence-corrected chi connectivity index (χ1v) is 7.75. The molecule has 4 rings (SSSR count). The second-order valence-electron chi connectivity index (χ2n) is 5.68. The zero-order chi connectivity index (χ0) is 16.5. The molecule has 0 bridgehead atoms. The topological polar surface area (TPSA) is 64.6 Å². The highest BCUT2D eigenvalue weighted by molar-refractivity contribution is 5.75. The molecule has 1 aliphatic rings. The number of nitrogens with zero attached hydrogens (tertiary/aromatic N) is 2. The van der Waals surface area contributed by atoms with E-state index in [2.05, 4.69) is 32.9 Å². The average Bonchev–Trinajstić information content (AvgIpc) is 3.05. The van der Waals surface area contributed by atoms with Crippen LogP contribution in [-0.2, 0) is 4.74 Å². The third-order valence-corrected chi connectivity index (χ3v) is 4.17. The van der Waals surface area contributed by atoms with Crippen LogP contribution in [0.1, 0.15) is 5.56 Å². The lowest BCUT2D eigenvalue weighted by Crippen LogP contribution is -2.29. The van der Waals surface area contributed by atoms with Gasteiger partial charge in [-0.1, -0.05) is 18.2 Å².